The fourth-order valence-electron chi connectivity index (χ4n) is 4.44. The molecule has 1 saturated heterocycles. The Kier molecular flexibility index (Phi) is 2.97. The standard InChI is InChI=1S/C14H24O2/c15-9-14(4-1-5-16-10-14)8-13-7-11-2-3-12(13)6-11/h11-13,15H,1-10H2. The smallest absolute Gasteiger partial charge is 0.0544 e. The van der Waals surface area contributed by atoms with Crippen molar-refractivity contribution in [3.63, 3.8) is 0 Å². The fourth-order valence-corrected chi connectivity index (χ4v) is 4.44. The molecule has 1 aliphatic heterocycles. The Labute approximate surface area is 98.4 Å². The molecule has 4 atom stereocenters. The van der Waals surface area contributed by atoms with Crippen LogP contribution in [0.25, 0.3) is 0 Å². The molecule has 1 heterocycles. The van der Waals surface area contributed by atoms with Gasteiger partial charge in [0.2, 0.25) is 0 Å². The summed E-state index contributed by atoms with van der Waals surface area (Å²) in [5.74, 6) is 2.90. The minimum atomic E-state index is 0.118. The first kappa shape index (κ1) is 11.0. The number of ether oxygens (including phenoxy) is 1. The monoisotopic (exact) mass is 224 g/mol. The van der Waals surface area contributed by atoms with Crippen LogP contribution in [-0.4, -0.2) is 24.9 Å². The number of rotatable bonds is 3. The molecular formula is C14H24O2. The summed E-state index contributed by atoms with van der Waals surface area (Å²) in [6, 6.07) is 0. The van der Waals surface area contributed by atoms with E-state index in [0.29, 0.717) is 6.61 Å². The number of hydrogen-bond donors (Lipinski definition) is 1. The molecular weight excluding hydrogens is 200 g/mol. The number of fused-ring (bicyclic) bond motifs is 2. The van der Waals surface area contributed by atoms with E-state index in [0.717, 1.165) is 37.4 Å². The van der Waals surface area contributed by atoms with Gasteiger partial charge in [-0.1, -0.05) is 6.42 Å². The highest BCUT2D eigenvalue weighted by molar-refractivity contribution is 4.94. The van der Waals surface area contributed by atoms with E-state index in [2.05, 4.69) is 0 Å². The van der Waals surface area contributed by atoms with Gasteiger partial charge in [-0.15, -0.1) is 0 Å². The Hall–Kier alpha value is -0.0800. The van der Waals surface area contributed by atoms with Crippen LogP contribution in [-0.2, 0) is 4.74 Å². The van der Waals surface area contributed by atoms with E-state index in [1.54, 1.807) is 0 Å². The molecule has 0 aromatic heterocycles. The van der Waals surface area contributed by atoms with Gasteiger partial charge in [-0.3, -0.25) is 0 Å². The van der Waals surface area contributed by atoms with Crippen molar-refractivity contribution in [3.8, 4) is 0 Å². The Morgan fingerprint density at radius 3 is 2.75 bits per heavy atom. The van der Waals surface area contributed by atoms with Crippen LogP contribution in [0.1, 0.15) is 44.9 Å². The SMILES string of the molecule is OCC1(CC2CC3CCC2C3)CCCOC1. The topological polar surface area (TPSA) is 29.5 Å². The highest BCUT2D eigenvalue weighted by Crippen LogP contribution is 2.52. The van der Waals surface area contributed by atoms with E-state index < -0.39 is 0 Å². The normalized spacial score (nSPS) is 47.4. The largest absolute Gasteiger partial charge is 0.396 e. The third kappa shape index (κ3) is 1.91. The summed E-state index contributed by atoms with van der Waals surface area (Å²) in [5, 5.41) is 9.69. The molecule has 4 unspecified atom stereocenters. The minimum absolute atomic E-state index is 0.118. The van der Waals surface area contributed by atoms with Crippen LogP contribution in [0.2, 0.25) is 0 Å². The van der Waals surface area contributed by atoms with Gasteiger partial charge in [-0.05, 0) is 56.3 Å². The molecule has 16 heavy (non-hydrogen) atoms. The maximum Gasteiger partial charge on any atom is 0.0544 e. The van der Waals surface area contributed by atoms with Crippen LogP contribution in [0.3, 0.4) is 0 Å². The van der Waals surface area contributed by atoms with Crippen LogP contribution in [0.4, 0.5) is 0 Å². The fraction of sp³-hybridized carbons (Fsp3) is 1.00. The number of aliphatic hydroxyl groups is 1. The molecule has 0 aromatic carbocycles. The zero-order valence-corrected chi connectivity index (χ0v) is 10.2. The van der Waals surface area contributed by atoms with Crippen molar-refractivity contribution < 1.29 is 9.84 Å². The van der Waals surface area contributed by atoms with E-state index in [1.807, 2.05) is 0 Å². The van der Waals surface area contributed by atoms with Gasteiger partial charge >= 0.3 is 0 Å². The molecule has 92 valence electrons. The van der Waals surface area contributed by atoms with Gasteiger partial charge < -0.3 is 9.84 Å². The number of hydrogen-bond acceptors (Lipinski definition) is 2. The Bertz CT molecular complexity index is 245. The first-order valence-electron chi connectivity index (χ1n) is 7.00. The van der Waals surface area contributed by atoms with Gasteiger partial charge in [0, 0.05) is 12.0 Å². The zero-order valence-electron chi connectivity index (χ0n) is 10.2. The van der Waals surface area contributed by atoms with Gasteiger partial charge in [-0.2, -0.15) is 0 Å². The highest BCUT2D eigenvalue weighted by atomic mass is 16.5. The van der Waals surface area contributed by atoms with Crippen molar-refractivity contribution in [1.29, 1.82) is 0 Å². The van der Waals surface area contributed by atoms with Crippen molar-refractivity contribution >= 4 is 0 Å². The van der Waals surface area contributed by atoms with Gasteiger partial charge in [0.05, 0.1) is 13.2 Å². The molecule has 3 fully saturated rings. The molecule has 2 aliphatic carbocycles. The van der Waals surface area contributed by atoms with Crippen molar-refractivity contribution in [3.05, 3.63) is 0 Å². The Morgan fingerprint density at radius 1 is 1.25 bits per heavy atom. The van der Waals surface area contributed by atoms with Crippen LogP contribution in [0.5, 0.6) is 0 Å². The van der Waals surface area contributed by atoms with E-state index in [4.69, 9.17) is 4.74 Å². The summed E-state index contributed by atoms with van der Waals surface area (Å²) < 4.78 is 5.61. The molecule has 0 aromatic rings. The predicted molar refractivity (Wildman–Crippen MR) is 63.1 cm³/mol. The summed E-state index contributed by atoms with van der Waals surface area (Å²) in [6.45, 7) is 2.04. The van der Waals surface area contributed by atoms with Crippen LogP contribution in [0.15, 0.2) is 0 Å². The lowest BCUT2D eigenvalue weighted by atomic mass is 9.72. The van der Waals surface area contributed by atoms with Crippen molar-refractivity contribution in [2.24, 2.45) is 23.2 Å². The summed E-state index contributed by atoms with van der Waals surface area (Å²) >= 11 is 0. The van der Waals surface area contributed by atoms with Gasteiger partial charge in [0.1, 0.15) is 0 Å². The molecule has 2 saturated carbocycles. The molecule has 0 spiro atoms. The summed E-state index contributed by atoms with van der Waals surface area (Å²) in [6.07, 6.45) is 9.39. The molecule has 2 heteroatoms. The first-order chi connectivity index (χ1) is 7.81. The van der Waals surface area contributed by atoms with Crippen LogP contribution in [0, 0.1) is 23.2 Å². The molecule has 2 nitrogen and oxygen atoms in total. The minimum Gasteiger partial charge on any atom is -0.396 e. The Morgan fingerprint density at radius 2 is 2.19 bits per heavy atom. The molecule has 2 bridgehead atoms. The van der Waals surface area contributed by atoms with Crippen molar-refractivity contribution in [2.45, 2.75) is 44.9 Å². The van der Waals surface area contributed by atoms with Gasteiger partial charge in [-0.25, -0.2) is 0 Å². The third-order valence-corrected chi connectivity index (χ3v) is 5.32. The van der Waals surface area contributed by atoms with Gasteiger partial charge in [0.25, 0.3) is 0 Å². The summed E-state index contributed by atoms with van der Waals surface area (Å²) in [4.78, 5) is 0. The summed E-state index contributed by atoms with van der Waals surface area (Å²) in [7, 11) is 0. The van der Waals surface area contributed by atoms with Crippen LogP contribution >= 0.6 is 0 Å². The molecule has 0 radical (unpaired) electrons. The molecule has 3 rings (SSSR count). The van der Waals surface area contributed by atoms with Crippen molar-refractivity contribution in [2.75, 3.05) is 19.8 Å². The van der Waals surface area contributed by atoms with Gasteiger partial charge in [0.15, 0.2) is 0 Å². The van der Waals surface area contributed by atoms with Crippen molar-refractivity contribution in [1.82, 2.24) is 0 Å². The lowest BCUT2D eigenvalue weighted by molar-refractivity contribution is -0.0547. The predicted octanol–water partition coefficient (Wildman–Crippen LogP) is 2.60. The first-order valence-corrected chi connectivity index (χ1v) is 7.00. The maximum absolute atomic E-state index is 9.69. The molecule has 1 N–H and O–H groups in total. The maximum atomic E-state index is 9.69. The second-order valence-corrected chi connectivity index (χ2v) is 6.45. The van der Waals surface area contributed by atoms with E-state index in [1.165, 1.54) is 38.5 Å². The third-order valence-electron chi connectivity index (χ3n) is 5.32. The van der Waals surface area contributed by atoms with E-state index >= 15 is 0 Å². The lowest BCUT2D eigenvalue weighted by Crippen LogP contribution is -2.38. The summed E-state index contributed by atoms with van der Waals surface area (Å²) in [5.41, 5.74) is 0.118. The lowest BCUT2D eigenvalue weighted by Gasteiger charge is -2.39. The zero-order chi connectivity index (χ0) is 11.0. The highest BCUT2D eigenvalue weighted by Gasteiger charge is 2.44. The van der Waals surface area contributed by atoms with E-state index in [9.17, 15) is 5.11 Å². The van der Waals surface area contributed by atoms with Crippen LogP contribution < -0.4 is 0 Å². The quantitative estimate of drug-likeness (QED) is 0.798. The second kappa shape index (κ2) is 4.30. The number of aliphatic hydroxyl groups excluding tert-OH is 1. The average Bonchev–Trinajstić information content (AvgIpc) is 2.92. The second-order valence-electron chi connectivity index (χ2n) is 6.45. The molecule has 0 amide bonds. The molecule has 3 aliphatic rings. The average molecular weight is 224 g/mol. The van der Waals surface area contributed by atoms with E-state index in [-0.39, 0.29) is 5.41 Å². The Balaban J connectivity index is 1.63.